The van der Waals surface area contributed by atoms with Gasteiger partial charge in [0.05, 0.1) is 21.3 Å². The van der Waals surface area contributed by atoms with Gasteiger partial charge in [-0.25, -0.2) is 9.78 Å². The monoisotopic (exact) mass is 297 g/mol. The van der Waals surface area contributed by atoms with E-state index >= 15 is 0 Å². The minimum Gasteiger partial charge on any atom is -0.457 e. The van der Waals surface area contributed by atoms with Crippen molar-refractivity contribution in [2.45, 2.75) is 20.5 Å². The molecule has 0 N–H and O–H groups in total. The molecule has 0 saturated heterocycles. The van der Waals surface area contributed by atoms with Gasteiger partial charge in [0.15, 0.2) is 0 Å². The first kappa shape index (κ1) is 13.8. The van der Waals surface area contributed by atoms with Crippen LogP contribution in [0, 0.1) is 13.8 Å². The van der Waals surface area contributed by atoms with Gasteiger partial charge in [-0.15, -0.1) is 11.3 Å². The number of aromatic nitrogens is 1. The Kier molecular flexibility index (Phi) is 3.71. The highest BCUT2D eigenvalue weighted by molar-refractivity contribution is 7.16. The number of fused-ring (bicyclic) bond motifs is 1. The van der Waals surface area contributed by atoms with Crippen LogP contribution in [-0.2, 0) is 11.3 Å². The minimum absolute atomic E-state index is 0.299. The Morgan fingerprint density at radius 3 is 2.90 bits per heavy atom. The predicted molar refractivity (Wildman–Crippen MR) is 84.7 cm³/mol. The number of hydrogen-bond donors (Lipinski definition) is 0. The minimum atomic E-state index is -0.300. The quantitative estimate of drug-likeness (QED) is 0.678. The average molecular weight is 297 g/mol. The molecule has 0 radical (unpaired) electrons. The van der Waals surface area contributed by atoms with Gasteiger partial charge in [-0.3, -0.25) is 0 Å². The van der Waals surface area contributed by atoms with Crippen molar-refractivity contribution in [3.8, 4) is 0 Å². The molecule has 0 spiro atoms. The van der Waals surface area contributed by atoms with Gasteiger partial charge in [-0.1, -0.05) is 23.8 Å². The molecule has 2 aromatic carbocycles. The fourth-order valence-electron chi connectivity index (χ4n) is 2.16. The lowest BCUT2D eigenvalue weighted by Gasteiger charge is -2.08. The molecule has 106 valence electrons. The van der Waals surface area contributed by atoms with Crippen molar-refractivity contribution in [2.75, 3.05) is 0 Å². The molecule has 3 rings (SSSR count). The summed E-state index contributed by atoms with van der Waals surface area (Å²) >= 11 is 1.52. The highest BCUT2D eigenvalue weighted by atomic mass is 32.1. The Morgan fingerprint density at radius 2 is 2.05 bits per heavy atom. The summed E-state index contributed by atoms with van der Waals surface area (Å²) in [5.74, 6) is -0.300. The maximum absolute atomic E-state index is 12.1. The third-order valence-electron chi connectivity index (χ3n) is 3.43. The molecular formula is C17H15NO2S. The topological polar surface area (TPSA) is 39.2 Å². The predicted octanol–water partition coefficient (Wildman–Crippen LogP) is 4.27. The molecule has 21 heavy (non-hydrogen) atoms. The van der Waals surface area contributed by atoms with Gasteiger partial charge in [0.25, 0.3) is 0 Å². The molecule has 0 fully saturated rings. The van der Waals surface area contributed by atoms with Gasteiger partial charge in [0.1, 0.15) is 6.61 Å². The second kappa shape index (κ2) is 5.66. The Hall–Kier alpha value is -2.20. The molecule has 1 heterocycles. The van der Waals surface area contributed by atoms with Crippen LogP contribution in [-0.4, -0.2) is 11.0 Å². The van der Waals surface area contributed by atoms with E-state index in [1.165, 1.54) is 11.3 Å². The molecule has 3 aromatic rings. The van der Waals surface area contributed by atoms with Crippen LogP contribution in [0.3, 0.4) is 0 Å². The van der Waals surface area contributed by atoms with Crippen LogP contribution in [0.4, 0.5) is 0 Å². The maximum Gasteiger partial charge on any atom is 0.338 e. The van der Waals surface area contributed by atoms with E-state index in [9.17, 15) is 4.79 Å². The number of ether oxygens (including phenoxy) is 1. The van der Waals surface area contributed by atoms with Crippen molar-refractivity contribution >= 4 is 27.5 Å². The molecule has 0 aliphatic rings. The number of benzene rings is 2. The lowest BCUT2D eigenvalue weighted by atomic mass is 10.1. The van der Waals surface area contributed by atoms with Crippen molar-refractivity contribution in [2.24, 2.45) is 0 Å². The molecule has 0 bridgehead atoms. The third-order valence-corrected chi connectivity index (χ3v) is 4.22. The van der Waals surface area contributed by atoms with Crippen molar-refractivity contribution in [3.05, 3.63) is 64.2 Å². The molecule has 0 amide bonds. The highest BCUT2D eigenvalue weighted by Gasteiger charge is 2.10. The largest absolute Gasteiger partial charge is 0.457 e. The van der Waals surface area contributed by atoms with Crippen molar-refractivity contribution in [1.29, 1.82) is 0 Å². The van der Waals surface area contributed by atoms with Crippen LogP contribution < -0.4 is 0 Å². The molecule has 0 aliphatic carbocycles. The first-order valence-corrected chi connectivity index (χ1v) is 7.58. The van der Waals surface area contributed by atoms with Crippen LogP contribution in [0.25, 0.3) is 10.2 Å². The molecule has 0 unspecified atom stereocenters. The van der Waals surface area contributed by atoms with E-state index in [1.54, 1.807) is 11.6 Å². The number of rotatable bonds is 3. The van der Waals surface area contributed by atoms with Crippen molar-refractivity contribution in [3.63, 3.8) is 0 Å². The summed E-state index contributed by atoms with van der Waals surface area (Å²) in [4.78, 5) is 16.3. The smallest absolute Gasteiger partial charge is 0.338 e. The summed E-state index contributed by atoms with van der Waals surface area (Å²) in [7, 11) is 0. The Labute approximate surface area is 127 Å². The van der Waals surface area contributed by atoms with Gasteiger partial charge in [0, 0.05) is 0 Å². The van der Waals surface area contributed by atoms with Gasteiger partial charge < -0.3 is 4.74 Å². The van der Waals surface area contributed by atoms with Gasteiger partial charge in [-0.05, 0) is 43.2 Å². The van der Waals surface area contributed by atoms with E-state index in [2.05, 4.69) is 17.1 Å². The normalized spacial score (nSPS) is 10.8. The zero-order valence-electron chi connectivity index (χ0n) is 11.9. The standard InChI is InChI=1S/C17H15NO2S/c1-11-3-4-12(2)14(7-11)9-20-17(19)13-5-6-15-16(8-13)21-10-18-15/h3-8,10H,9H2,1-2H3. The number of aryl methyl sites for hydroxylation is 2. The molecule has 3 nitrogen and oxygen atoms in total. The van der Waals surface area contributed by atoms with Gasteiger partial charge >= 0.3 is 5.97 Å². The van der Waals surface area contributed by atoms with Crippen molar-refractivity contribution < 1.29 is 9.53 Å². The summed E-state index contributed by atoms with van der Waals surface area (Å²) < 4.78 is 6.42. The fourth-order valence-corrected chi connectivity index (χ4v) is 2.88. The number of nitrogens with zero attached hydrogens (tertiary/aromatic N) is 1. The van der Waals surface area contributed by atoms with Gasteiger partial charge in [-0.2, -0.15) is 0 Å². The van der Waals surface area contributed by atoms with E-state index in [0.717, 1.165) is 26.9 Å². The Morgan fingerprint density at radius 1 is 1.19 bits per heavy atom. The van der Waals surface area contributed by atoms with E-state index in [1.807, 2.05) is 32.0 Å². The first-order valence-electron chi connectivity index (χ1n) is 6.70. The Bertz CT molecular complexity index is 807. The molecule has 0 aliphatic heterocycles. The molecule has 1 aromatic heterocycles. The van der Waals surface area contributed by atoms with E-state index < -0.39 is 0 Å². The summed E-state index contributed by atoms with van der Waals surface area (Å²) in [6.45, 7) is 4.35. The van der Waals surface area contributed by atoms with E-state index in [-0.39, 0.29) is 5.97 Å². The summed E-state index contributed by atoms with van der Waals surface area (Å²) in [5.41, 5.74) is 6.59. The zero-order chi connectivity index (χ0) is 14.8. The number of carbonyl (C=O) groups is 1. The second-order valence-corrected chi connectivity index (χ2v) is 5.93. The molecule has 0 atom stereocenters. The first-order chi connectivity index (χ1) is 10.1. The van der Waals surface area contributed by atoms with Crippen LogP contribution in [0.15, 0.2) is 41.9 Å². The summed E-state index contributed by atoms with van der Waals surface area (Å²) in [6, 6.07) is 11.6. The average Bonchev–Trinajstić information content (AvgIpc) is 2.95. The SMILES string of the molecule is Cc1ccc(C)c(COC(=O)c2ccc3ncsc3c2)c1. The van der Waals surface area contributed by atoms with Crippen LogP contribution in [0.5, 0.6) is 0 Å². The van der Waals surface area contributed by atoms with Crippen LogP contribution in [0.1, 0.15) is 27.0 Å². The number of thiazole rings is 1. The lowest BCUT2D eigenvalue weighted by Crippen LogP contribution is -2.06. The lowest BCUT2D eigenvalue weighted by molar-refractivity contribution is 0.0472. The van der Waals surface area contributed by atoms with Crippen LogP contribution >= 0.6 is 11.3 Å². The number of hydrogen-bond acceptors (Lipinski definition) is 4. The highest BCUT2D eigenvalue weighted by Crippen LogP contribution is 2.20. The molecular weight excluding hydrogens is 282 g/mol. The van der Waals surface area contributed by atoms with Crippen molar-refractivity contribution in [1.82, 2.24) is 4.98 Å². The van der Waals surface area contributed by atoms with E-state index in [4.69, 9.17) is 4.74 Å². The Balaban J connectivity index is 1.75. The fraction of sp³-hybridized carbons (Fsp3) is 0.176. The number of esters is 1. The zero-order valence-corrected chi connectivity index (χ0v) is 12.7. The second-order valence-electron chi connectivity index (χ2n) is 5.04. The molecule has 4 heteroatoms. The maximum atomic E-state index is 12.1. The van der Waals surface area contributed by atoms with Gasteiger partial charge in [0.2, 0.25) is 0 Å². The van der Waals surface area contributed by atoms with Crippen LogP contribution in [0.2, 0.25) is 0 Å². The number of carbonyl (C=O) groups excluding carboxylic acids is 1. The summed E-state index contributed by atoms with van der Waals surface area (Å²) in [5, 5.41) is 0. The third kappa shape index (κ3) is 2.95. The molecule has 0 saturated carbocycles. The summed E-state index contributed by atoms with van der Waals surface area (Å²) in [6.07, 6.45) is 0. The van der Waals surface area contributed by atoms with E-state index in [0.29, 0.717) is 12.2 Å².